The first-order chi connectivity index (χ1) is 8.00. The molecule has 0 saturated heterocycles. The van der Waals surface area contributed by atoms with Gasteiger partial charge in [0.1, 0.15) is 0 Å². The smallest absolute Gasteiger partial charge is 0.0887 e. The molecule has 1 heterocycles. The van der Waals surface area contributed by atoms with Crippen LogP contribution in [0.5, 0.6) is 0 Å². The standard InChI is InChI=1S/C11H5Br2Cl3S/c12-9(8-4-7(15)11(13)17-8)5-2-1-3-6(14)10(5)16/h1-4,9H. The van der Waals surface area contributed by atoms with Crippen LogP contribution >= 0.6 is 78.0 Å². The van der Waals surface area contributed by atoms with Crippen molar-refractivity contribution in [3.63, 3.8) is 0 Å². The van der Waals surface area contributed by atoms with Crippen molar-refractivity contribution >= 4 is 78.0 Å². The van der Waals surface area contributed by atoms with E-state index in [-0.39, 0.29) is 4.83 Å². The van der Waals surface area contributed by atoms with Crippen LogP contribution < -0.4 is 0 Å². The third-order valence-corrected chi connectivity index (χ3v) is 6.83. The van der Waals surface area contributed by atoms with Gasteiger partial charge in [-0.2, -0.15) is 0 Å². The van der Waals surface area contributed by atoms with Crippen molar-refractivity contribution in [2.24, 2.45) is 0 Å². The Balaban J connectivity index is 2.43. The van der Waals surface area contributed by atoms with Gasteiger partial charge >= 0.3 is 0 Å². The summed E-state index contributed by atoms with van der Waals surface area (Å²) in [5.74, 6) is 0. The Morgan fingerprint density at radius 1 is 1.12 bits per heavy atom. The second kappa shape index (κ2) is 5.81. The van der Waals surface area contributed by atoms with Gasteiger partial charge in [-0.05, 0) is 33.6 Å². The molecule has 6 heteroatoms. The lowest BCUT2D eigenvalue weighted by Crippen LogP contribution is -1.91. The van der Waals surface area contributed by atoms with Crippen LogP contribution in [0.1, 0.15) is 15.3 Å². The van der Waals surface area contributed by atoms with Gasteiger partial charge in [-0.1, -0.05) is 62.9 Å². The Kier molecular flexibility index (Phi) is 4.84. The van der Waals surface area contributed by atoms with Gasteiger partial charge in [0.25, 0.3) is 0 Å². The van der Waals surface area contributed by atoms with E-state index in [1.807, 2.05) is 18.2 Å². The SMILES string of the molecule is Clc1cc(C(Br)c2cccc(Cl)c2Cl)sc1Br. The van der Waals surface area contributed by atoms with E-state index in [2.05, 4.69) is 31.9 Å². The van der Waals surface area contributed by atoms with Crippen LogP contribution in [-0.2, 0) is 0 Å². The number of halogens is 5. The lowest BCUT2D eigenvalue weighted by atomic mass is 10.1. The average Bonchev–Trinajstić information content (AvgIpc) is 2.62. The molecule has 1 atom stereocenters. The van der Waals surface area contributed by atoms with Gasteiger partial charge in [0.2, 0.25) is 0 Å². The van der Waals surface area contributed by atoms with E-state index in [1.165, 1.54) is 0 Å². The predicted molar refractivity (Wildman–Crippen MR) is 84.3 cm³/mol. The molecule has 0 saturated carbocycles. The molecule has 0 N–H and O–H groups in total. The molecule has 0 nitrogen and oxygen atoms in total. The summed E-state index contributed by atoms with van der Waals surface area (Å²) in [7, 11) is 0. The van der Waals surface area contributed by atoms with Gasteiger partial charge in [-0.25, -0.2) is 0 Å². The fourth-order valence-corrected chi connectivity index (χ4v) is 4.44. The first kappa shape index (κ1) is 14.2. The maximum Gasteiger partial charge on any atom is 0.0887 e. The Hall–Kier alpha value is 0.750. The van der Waals surface area contributed by atoms with Crippen molar-refractivity contribution in [3.05, 3.63) is 53.6 Å². The highest BCUT2D eigenvalue weighted by molar-refractivity contribution is 9.11. The number of alkyl halides is 1. The van der Waals surface area contributed by atoms with Gasteiger partial charge < -0.3 is 0 Å². The second-order valence-corrected chi connectivity index (χ2v) is 7.79. The minimum Gasteiger partial charge on any atom is -0.130 e. The number of hydrogen-bond acceptors (Lipinski definition) is 1. The van der Waals surface area contributed by atoms with Crippen LogP contribution in [-0.4, -0.2) is 0 Å². The molecule has 1 aromatic heterocycles. The van der Waals surface area contributed by atoms with Crippen LogP contribution in [0.2, 0.25) is 15.1 Å². The number of hydrogen-bond donors (Lipinski definition) is 0. The first-order valence-electron chi connectivity index (χ1n) is 4.53. The third-order valence-electron chi connectivity index (χ3n) is 2.17. The van der Waals surface area contributed by atoms with Crippen molar-refractivity contribution < 1.29 is 0 Å². The minimum atomic E-state index is -0.0116. The molecule has 0 aliphatic rings. The molecule has 2 rings (SSSR count). The van der Waals surface area contributed by atoms with E-state index in [4.69, 9.17) is 34.8 Å². The van der Waals surface area contributed by atoms with Crippen molar-refractivity contribution in [1.82, 2.24) is 0 Å². The number of benzene rings is 1. The van der Waals surface area contributed by atoms with Crippen LogP contribution in [0.4, 0.5) is 0 Å². The van der Waals surface area contributed by atoms with E-state index < -0.39 is 0 Å². The van der Waals surface area contributed by atoms with Gasteiger partial charge in [-0.15, -0.1) is 11.3 Å². The van der Waals surface area contributed by atoms with Crippen LogP contribution in [0.25, 0.3) is 0 Å². The lowest BCUT2D eigenvalue weighted by molar-refractivity contribution is 1.23. The van der Waals surface area contributed by atoms with Crippen molar-refractivity contribution in [1.29, 1.82) is 0 Å². The monoisotopic (exact) mass is 432 g/mol. The summed E-state index contributed by atoms with van der Waals surface area (Å²) in [4.78, 5) is 1.06. The van der Waals surface area contributed by atoms with E-state index in [9.17, 15) is 0 Å². The Morgan fingerprint density at radius 2 is 1.82 bits per heavy atom. The number of thiophene rings is 1. The molecule has 1 aromatic carbocycles. The zero-order chi connectivity index (χ0) is 12.6. The van der Waals surface area contributed by atoms with E-state index in [0.29, 0.717) is 15.1 Å². The Labute approximate surface area is 135 Å². The molecule has 0 amide bonds. The third kappa shape index (κ3) is 3.02. The van der Waals surface area contributed by atoms with Crippen molar-refractivity contribution in [3.8, 4) is 0 Å². The molecule has 0 radical (unpaired) electrons. The van der Waals surface area contributed by atoms with E-state index in [1.54, 1.807) is 17.4 Å². The summed E-state index contributed by atoms with van der Waals surface area (Å²) < 4.78 is 0.914. The Morgan fingerprint density at radius 3 is 2.41 bits per heavy atom. The summed E-state index contributed by atoms with van der Waals surface area (Å²) in [6.45, 7) is 0. The lowest BCUT2D eigenvalue weighted by Gasteiger charge is -2.10. The van der Waals surface area contributed by atoms with Gasteiger partial charge in [0.15, 0.2) is 0 Å². The molecular formula is C11H5Br2Cl3S. The highest BCUT2D eigenvalue weighted by Crippen LogP contribution is 2.44. The summed E-state index contributed by atoms with van der Waals surface area (Å²) in [6.07, 6.45) is 0. The van der Waals surface area contributed by atoms with Crippen molar-refractivity contribution in [2.75, 3.05) is 0 Å². The van der Waals surface area contributed by atoms with Crippen LogP contribution in [0.3, 0.4) is 0 Å². The summed E-state index contributed by atoms with van der Waals surface area (Å²) in [6, 6.07) is 7.49. The average molecular weight is 435 g/mol. The first-order valence-corrected chi connectivity index (χ1v) is 8.19. The highest BCUT2D eigenvalue weighted by Gasteiger charge is 2.18. The predicted octanol–water partition coefficient (Wildman–Crippen LogP) is 6.96. The van der Waals surface area contributed by atoms with Crippen molar-refractivity contribution in [2.45, 2.75) is 4.83 Å². The largest absolute Gasteiger partial charge is 0.130 e. The van der Waals surface area contributed by atoms with Crippen LogP contribution in [0, 0.1) is 0 Å². The molecular weight excluding hydrogens is 430 g/mol. The topological polar surface area (TPSA) is 0 Å². The van der Waals surface area contributed by atoms with Gasteiger partial charge in [0, 0.05) is 4.88 Å². The zero-order valence-corrected chi connectivity index (χ0v) is 14.4. The highest BCUT2D eigenvalue weighted by atomic mass is 79.9. The molecule has 17 heavy (non-hydrogen) atoms. The maximum atomic E-state index is 6.18. The molecule has 0 aliphatic heterocycles. The summed E-state index contributed by atoms with van der Waals surface area (Å²) in [5.41, 5.74) is 0.935. The molecule has 2 aromatic rings. The summed E-state index contributed by atoms with van der Waals surface area (Å²) >= 11 is 26.8. The quantitative estimate of drug-likeness (QED) is 0.448. The maximum absolute atomic E-state index is 6.18. The molecule has 90 valence electrons. The van der Waals surface area contributed by atoms with Gasteiger partial charge in [-0.3, -0.25) is 0 Å². The van der Waals surface area contributed by atoms with E-state index >= 15 is 0 Å². The fourth-order valence-electron chi connectivity index (χ4n) is 1.36. The normalized spacial score (nSPS) is 12.8. The number of rotatable bonds is 2. The fraction of sp³-hybridized carbons (Fsp3) is 0.0909. The Bertz CT molecular complexity index is 534. The minimum absolute atomic E-state index is 0.0116. The molecule has 0 fully saturated rings. The van der Waals surface area contributed by atoms with E-state index in [0.717, 1.165) is 14.2 Å². The summed E-state index contributed by atoms with van der Waals surface area (Å²) in [5, 5.41) is 1.82. The molecule has 0 bridgehead atoms. The zero-order valence-electron chi connectivity index (χ0n) is 8.18. The molecule has 1 unspecified atom stereocenters. The molecule has 0 spiro atoms. The van der Waals surface area contributed by atoms with Gasteiger partial charge in [0.05, 0.1) is 23.7 Å². The molecule has 0 aliphatic carbocycles. The second-order valence-electron chi connectivity index (χ2n) is 3.28. The van der Waals surface area contributed by atoms with Crippen LogP contribution in [0.15, 0.2) is 28.1 Å².